The first-order valence-corrected chi connectivity index (χ1v) is 6.29. The summed E-state index contributed by atoms with van der Waals surface area (Å²) in [6.07, 6.45) is 2.04. The molecule has 1 aromatic rings. The van der Waals surface area contributed by atoms with Crippen LogP contribution in [0, 0.1) is 11.3 Å². The zero-order chi connectivity index (χ0) is 14.7. The Hall–Kier alpha value is -2.55. The van der Waals surface area contributed by atoms with E-state index in [0.29, 0.717) is 11.7 Å². The number of nitrogens with zero attached hydrogens (tertiary/aromatic N) is 2. The molecule has 6 nitrogen and oxygen atoms in total. The van der Waals surface area contributed by atoms with E-state index in [4.69, 9.17) is 10.4 Å². The predicted octanol–water partition coefficient (Wildman–Crippen LogP) is 0.971. The smallest absolute Gasteiger partial charge is 0.335 e. The lowest BCUT2D eigenvalue weighted by Crippen LogP contribution is -2.36. The quantitative estimate of drug-likeness (QED) is 0.833. The van der Waals surface area contributed by atoms with Crippen LogP contribution < -0.4 is 10.2 Å². The Labute approximate surface area is 116 Å². The number of carboxylic acid groups (broad SMARTS) is 1. The average Bonchev–Trinajstić information content (AvgIpc) is 3.21. The molecule has 1 amide bonds. The number of nitriles is 1. The van der Waals surface area contributed by atoms with Crippen LogP contribution in [0.25, 0.3) is 0 Å². The Kier molecular flexibility index (Phi) is 3.89. The molecule has 0 radical (unpaired) electrons. The molecule has 0 aromatic heterocycles. The fourth-order valence-electron chi connectivity index (χ4n) is 1.89. The number of aromatic carboxylic acids is 1. The van der Waals surface area contributed by atoms with Gasteiger partial charge in [0.15, 0.2) is 0 Å². The van der Waals surface area contributed by atoms with E-state index < -0.39 is 5.97 Å². The van der Waals surface area contributed by atoms with Crippen molar-refractivity contribution < 1.29 is 14.7 Å². The van der Waals surface area contributed by atoms with Crippen LogP contribution in [0.5, 0.6) is 0 Å². The second-order valence-electron chi connectivity index (χ2n) is 4.85. The van der Waals surface area contributed by atoms with Crippen molar-refractivity contribution in [3.8, 4) is 6.07 Å². The van der Waals surface area contributed by atoms with Crippen LogP contribution in [0.1, 0.15) is 28.8 Å². The molecule has 1 aromatic carbocycles. The molecular formula is C14H15N3O3. The van der Waals surface area contributed by atoms with Gasteiger partial charge >= 0.3 is 5.97 Å². The number of carbonyl (C=O) groups excluding carboxylic acids is 1. The minimum absolute atomic E-state index is 0.0566. The molecule has 0 bridgehead atoms. The molecule has 0 saturated heterocycles. The Morgan fingerprint density at radius 2 is 2.20 bits per heavy atom. The third-order valence-electron chi connectivity index (χ3n) is 3.10. The lowest BCUT2D eigenvalue weighted by Gasteiger charge is -2.20. The van der Waals surface area contributed by atoms with E-state index >= 15 is 0 Å². The highest BCUT2D eigenvalue weighted by Crippen LogP contribution is 2.21. The monoisotopic (exact) mass is 273 g/mol. The van der Waals surface area contributed by atoms with Crippen molar-refractivity contribution in [2.75, 3.05) is 18.5 Å². The standard InChI is InChI=1S/C14H15N3O3/c1-17(8-13(18)16-11-3-4-11)12-5-2-9(14(19)20)6-10(12)7-15/h2,5-6,11H,3-4,8H2,1H3,(H,16,18)(H,19,20). The third kappa shape index (κ3) is 3.26. The van der Waals surface area contributed by atoms with Crippen LogP contribution >= 0.6 is 0 Å². The highest BCUT2D eigenvalue weighted by atomic mass is 16.4. The van der Waals surface area contributed by atoms with Crippen LogP contribution in [0.3, 0.4) is 0 Å². The molecule has 1 aliphatic rings. The maximum absolute atomic E-state index is 11.7. The summed E-state index contributed by atoms with van der Waals surface area (Å²) in [5.41, 5.74) is 0.844. The number of rotatable bonds is 5. The summed E-state index contributed by atoms with van der Waals surface area (Å²) in [6, 6.07) is 6.54. The van der Waals surface area contributed by atoms with Crippen molar-refractivity contribution in [3.63, 3.8) is 0 Å². The number of nitrogens with one attached hydrogen (secondary N) is 1. The van der Waals surface area contributed by atoms with Gasteiger partial charge < -0.3 is 15.3 Å². The van der Waals surface area contributed by atoms with Crippen molar-refractivity contribution in [1.82, 2.24) is 5.32 Å². The van der Waals surface area contributed by atoms with E-state index in [1.165, 1.54) is 12.1 Å². The summed E-state index contributed by atoms with van der Waals surface area (Å²) >= 11 is 0. The molecule has 2 rings (SSSR count). The van der Waals surface area contributed by atoms with E-state index in [1.54, 1.807) is 18.0 Å². The number of amides is 1. The molecule has 0 spiro atoms. The fraction of sp³-hybridized carbons (Fsp3) is 0.357. The first-order valence-electron chi connectivity index (χ1n) is 6.29. The third-order valence-corrected chi connectivity index (χ3v) is 3.10. The number of hydrogen-bond acceptors (Lipinski definition) is 4. The Morgan fingerprint density at radius 1 is 1.50 bits per heavy atom. The summed E-state index contributed by atoms with van der Waals surface area (Å²) in [7, 11) is 1.70. The molecule has 1 aliphatic carbocycles. The lowest BCUT2D eigenvalue weighted by molar-refractivity contribution is -0.119. The number of anilines is 1. The van der Waals surface area contributed by atoms with E-state index in [1.807, 2.05) is 6.07 Å². The molecule has 0 atom stereocenters. The molecule has 6 heteroatoms. The van der Waals surface area contributed by atoms with Gasteiger partial charge in [0, 0.05) is 13.1 Å². The number of carboxylic acids is 1. The van der Waals surface area contributed by atoms with Gasteiger partial charge in [0.1, 0.15) is 6.07 Å². The highest BCUT2D eigenvalue weighted by molar-refractivity contribution is 5.89. The summed E-state index contributed by atoms with van der Waals surface area (Å²) in [6.45, 7) is 0.137. The maximum atomic E-state index is 11.7. The van der Waals surface area contributed by atoms with Gasteiger partial charge in [-0.2, -0.15) is 5.26 Å². The predicted molar refractivity (Wildman–Crippen MR) is 72.6 cm³/mol. The van der Waals surface area contributed by atoms with Crippen LogP contribution in [0.4, 0.5) is 5.69 Å². The van der Waals surface area contributed by atoms with Crippen LogP contribution in [0.15, 0.2) is 18.2 Å². The van der Waals surface area contributed by atoms with Gasteiger partial charge in [-0.05, 0) is 31.0 Å². The molecule has 0 aliphatic heterocycles. The largest absolute Gasteiger partial charge is 0.478 e. The second-order valence-corrected chi connectivity index (χ2v) is 4.85. The van der Waals surface area contributed by atoms with E-state index in [0.717, 1.165) is 12.8 Å². The van der Waals surface area contributed by atoms with Crippen molar-refractivity contribution in [2.24, 2.45) is 0 Å². The Bertz CT molecular complexity index is 588. The molecule has 1 fully saturated rings. The summed E-state index contributed by atoms with van der Waals surface area (Å²) in [4.78, 5) is 24.2. The van der Waals surface area contributed by atoms with Crippen LogP contribution in [0.2, 0.25) is 0 Å². The first-order chi connectivity index (χ1) is 9.51. The molecule has 0 unspecified atom stereocenters. The van der Waals surface area contributed by atoms with E-state index in [-0.39, 0.29) is 23.6 Å². The van der Waals surface area contributed by atoms with Gasteiger partial charge in [0.2, 0.25) is 5.91 Å². The lowest BCUT2D eigenvalue weighted by atomic mass is 10.1. The number of carbonyl (C=O) groups is 2. The van der Waals surface area contributed by atoms with Gasteiger partial charge in [-0.25, -0.2) is 4.79 Å². The van der Waals surface area contributed by atoms with Gasteiger partial charge in [-0.15, -0.1) is 0 Å². The second kappa shape index (κ2) is 5.61. The summed E-state index contributed by atoms with van der Waals surface area (Å²) in [5.74, 6) is -1.18. The van der Waals surface area contributed by atoms with E-state index in [2.05, 4.69) is 5.32 Å². The summed E-state index contributed by atoms with van der Waals surface area (Å²) in [5, 5.41) is 20.9. The molecule has 1 saturated carbocycles. The first kappa shape index (κ1) is 13.9. The number of benzene rings is 1. The maximum Gasteiger partial charge on any atom is 0.335 e. The van der Waals surface area contributed by atoms with Crippen molar-refractivity contribution in [1.29, 1.82) is 5.26 Å². The molecule has 2 N–H and O–H groups in total. The van der Waals surface area contributed by atoms with Gasteiger partial charge in [-0.1, -0.05) is 0 Å². The van der Waals surface area contributed by atoms with Crippen molar-refractivity contribution >= 4 is 17.6 Å². The number of hydrogen-bond donors (Lipinski definition) is 2. The van der Waals surface area contributed by atoms with Crippen molar-refractivity contribution in [2.45, 2.75) is 18.9 Å². The summed E-state index contributed by atoms with van der Waals surface area (Å²) < 4.78 is 0. The van der Waals surface area contributed by atoms with Gasteiger partial charge in [0.05, 0.1) is 23.4 Å². The zero-order valence-electron chi connectivity index (χ0n) is 11.1. The Morgan fingerprint density at radius 3 is 2.75 bits per heavy atom. The van der Waals surface area contributed by atoms with Crippen molar-refractivity contribution in [3.05, 3.63) is 29.3 Å². The minimum atomic E-state index is -1.08. The van der Waals surface area contributed by atoms with Crippen LogP contribution in [-0.2, 0) is 4.79 Å². The average molecular weight is 273 g/mol. The minimum Gasteiger partial charge on any atom is -0.478 e. The molecule has 20 heavy (non-hydrogen) atoms. The SMILES string of the molecule is CN(CC(=O)NC1CC1)c1ccc(C(=O)O)cc1C#N. The van der Waals surface area contributed by atoms with Crippen LogP contribution in [-0.4, -0.2) is 36.6 Å². The van der Waals surface area contributed by atoms with E-state index in [9.17, 15) is 9.59 Å². The Balaban J connectivity index is 2.12. The zero-order valence-corrected chi connectivity index (χ0v) is 11.1. The topological polar surface area (TPSA) is 93.4 Å². The van der Waals surface area contributed by atoms with Gasteiger partial charge in [-0.3, -0.25) is 4.79 Å². The number of likely N-dealkylation sites (N-methyl/N-ethyl adjacent to an activating group) is 1. The van der Waals surface area contributed by atoms with Gasteiger partial charge in [0.25, 0.3) is 0 Å². The molecule has 104 valence electrons. The molecular weight excluding hydrogens is 258 g/mol. The fourth-order valence-corrected chi connectivity index (χ4v) is 1.89. The molecule has 0 heterocycles. The normalized spacial score (nSPS) is 13.4. The highest BCUT2D eigenvalue weighted by Gasteiger charge is 2.24.